The van der Waals surface area contributed by atoms with Crippen LogP contribution in [0.25, 0.3) is 0 Å². The molecule has 118 valence electrons. The molecular formula is C17H21FN2O2. The summed E-state index contributed by atoms with van der Waals surface area (Å²) in [6, 6.07) is 6.40. The van der Waals surface area contributed by atoms with Crippen LogP contribution in [0.3, 0.4) is 0 Å². The number of nitrogens with zero attached hydrogens (tertiary/aromatic N) is 2. The summed E-state index contributed by atoms with van der Waals surface area (Å²) in [5, 5.41) is 19.4. The highest BCUT2D eigenvalue weighted by Crippen LogP contribution is 2.51. The lowest BCUT2D eigenvalue weighted by atomic mass is 9.58. The number of benzene rings is 1. The maximum absolute atomic E-state index is 13.3. The zero-order valence-corrected chi connectivity index (χ0v) is 12.8. The molecule has 1 saturated carbocycles. The van der Waals surface area contributed by atoms with Crippen molar-refractivity contribution in [2.24, 2.45) is 5.41 Å². The minimum atomic E-state index is -0.389. The SMILES string of the molecule is CCO[C@@H]1C[C@H](O)C12CCN(c1ccc(F)cc1C#N)CC2. The predicted molar refractivity (Wildman–Crippen MR) is 81.0 cm³/mol. The lowest BCUT2D eigenvalue weighted by Crippen LogP contribution is -2.62. The molecule has 22 heavy (non-hydrogen) atoms. The number of rotatable bonds is 3. The first-order chi connectivity index (χ1) is 10.6. The topological polar surface area (TPSA) is 56.5 Å². The van der Waals surface area contributed by atoms with Crippen molar-refractivity contribution in [1.82, 2.24) is 0 Å². The third-order valence-corrected chi connectivity index (χ3v) is 5.22. The Kier molecular flexibility index (Phi) is 4.07. The molecule has 2 fully saturated rings. The number of piperidine rings is 1. The molecule has 2 aliphatic rings. The van der Waals surface area contributed by atoms with E-state index in [1.165, 1.54) is 12.1 Å². The van der Waals surface area contributed by atoms with Crippen LogP contribution in [0, 0.1) is 22.6 Å². The minimum Gasteiger partial charge on any atom is -0.392 e. The molecule has 0 bridgehead atoms. The normalized spacial score (nSPS) is 26.5. The highest BCUT2D eigenvalue weighted by Gasteiger charge is 2.56. The Morgan fingerprint density at radius 3 is 2.77 bits per heavy atom. The molecule has 1 aliphatic heterocycles. The van der Waals surface area contributed by atoms with Gasteiger partial charge in [0.2, 0.25) is 0 Å². The van der Waals surface area contributed by atoms with Crippen LogP contribution in [0.2, 0.25) is 0 Å². The van der Waals surface area contributed by atoms with E-state index in [1.54, 1.807) is 6.07 Å². The van der Waals surface area contributed by atoms with Gasteiger partial charge >= 0.3 is 0 Å². The van der Waals surface area contributed by atoms with Crippen LogP contribution in [-0.2, 0) is 4.74 Å². The molecular weight excluding hydrogens is 283 g/mol. The van der Waals surface area contributed by atoms with Crippen molar-refractivity contribution in [1.29, 1.82) is 5.26 Å². The first-order valence-corrected chi connectivity index (χ1v) is 7.85. The molecule has 0 radical (unpaired) electrons. The van der Waals surface area contributed by atoms with Gasteiger partial charge in [0.1, 0.15) is 11.9 Å². The number of nitriles is 1. The molecule has 5 heteroatoms. The van der Waals surface area contributed by atoms with Gasteiger partial charge in [-0.15, -0.1) is 0 Å². The standard InChI is InChI=1S/C17H21FN2O2/c1-2-22-16-10-15(21)17(16)5-7-20(8-6-17)14-4-3-13(18)9-12(14)11-19/h3-4,9,15-16,21H,2,5-8,10H2,1H3/t15-,16+/m0/s1. The average molecular weight is 304 g/mol. The number of hydrogen-bond acceptors (Lipinski definition) is 4. The van der Waals surface area contributed by atoms with Gasteiger partial charge in [0.25, 0.3) is 0 Å². The third kappa shape index (κ3) is 2.37. The molecule has 2 atom stereocenters. The first kappa shape index (κ1) is 15.3. The number of aliphatic hydroxyl groups is 1. The Labute approximate surface area is 130 Å². The van der Waals surface area contributed by atoms with Crippen LogP contribution in [0.15, 0.2) is 18.2 Å². The number of anilines is 1. The number of ether oxygens (including phenoxy) is 1. The van der Waals surface area contributed by atoms with Crippen molar-refractivity contribution in [3.05, 3.63) is 29.6 Å². The predicted octanol–water partition coefficient (Wildman–Crippen LogP) is 2.45. The third-order valence-electron chi connectivity index (χ3n) is 5.22. The summed E-state index contributed by atoms with van der Waals surface area (Å²) in [6.45, 7) is 4.15. The van der Waals surface area contributed by atoms with Crippen LogP contribution in [-0.4, -0.2) is 37.0 Å². The maximum Gasteiger partial charge on any atom is 0.124 e. The summed E-state index contributed by atoms with van der Waals surface area (Å²) >= 11 is 0. The number of hydrogen-bond donors (Lipinski definition) is 1. The molecule has 0 unspecified atom stereocenters. The fraction of sp³-hybridized carbons (Fsp3) is 0.588. The quantitative estimate of drug-likeness (QED) is 0.932. The Morgan fingerprint density at radius 1 is 1.45 bits per heavy atom. The molecule has 0 aromatic heterocycles. The molecule has 1 heterocycles. The number of halogens is 1. The highest BCUT2D eigenvalue weighted by atomic mass is 19.1. The van der Waals surface area contributed by atoms with Gasteiger partial charge in [-0.25, -0.2) is 4.39 Å². The van der Waals surface area contributed by atoms with E-state index in [0.717, 1.165) is 31.6 Å². The monoisotopic (exact) mass is 304 g/mol. The van der Waals surface area contributed by atoms with Crippen LogP contribution < -0.4 is 4.90 Å². The van der Waals surface area contributed by atoms with Gasteiger partial charge in [0.15, 0.2) is 0 Å². The van der Waals surface area contributed by atoms with E-state index in [0.29, 0.717) is 18.6 Å². The van der Waals surface area contributed by atoms with Gasteiger partial charge in [-0.1, -0.05) is 0 Å². The lowest BCUT2D eigenvalue weighted by molar-refractivity contribution is -0.199. The Balaban J connectivity index is 1.74. The molecule has 0 amide bonds. The highest BCUT2D eigenvalue weighted by molar-refractivity contribution is 5.59. The molecule has 1 N–H and O–H groups in total. The lowest BCUT2D eigenvalue weighted by Gasteiger charge is -2.57. The summed E-state index contributed by atoms with van der Waals surface area (Å²) in [4.78, 5) is 2.11. The van der Waals surface area contributed by atoms with Gasteiger partial charge in [0.05, 0.1) is 23.5 Å². The molecule has 1 aromatic rings. The number of aliphatic hydroxyl groups excluding tert-OH is 1. The van der Waals surface area contributed by atoms with Crippen molar-refractivity contribution in [3.8, 4) is 6.07 Å². The zero-order valence-electron chi connectivity index (χ0n) is 12.8. The van der Waals surface area contributed by atoms with Gasteiger partial charge in [-0.05, 0) is 38.0 Å². The van der Waals surface area contributed by atoms with E-state index in [2.05, 4.69) is 11.0 Å². The molecule has 1 aliphatic carbocycles. The van der Waals surface area contributed by atoms with E-state index in [4.69, 9.17) is 4.74 Å². The summed E-state index contributed by atoms with van der Waals surface area (Å²) < 4.78 is 19.0. The van der Waals surface area contributed by atoms with Crippen molar-refractivity contribution in [3.63, 3.8) is 0 Å². The van der Waals surface area contributed by atoms with Gasteiger partial charge in [0, 0.05) is 31.5 Å². The van der Waals surface area contributed by atoms with Crippen LogP contribution in [0.5, 0.6) is 0 Å². The molecule has 1 aromatic carbocycles. The van der Waals surface area contributed by atoms with E-state index in [1.807, 2.05) is 6.92 Å². The van der Waals surface area contributed by atoms with Crippen molar-refractivity contribution >= 4 is 5.69 Å². The summed E-state index contributed by atoms with van der Waals surface area (Å²) in [6.07, 6.45) is 2.23. The van der Waals surface area contributed by atoms with Crippen molar-refractivity contribution in [2.45, 2.75) is 38.4 Å². The smallest absolute Gasteiger partial charge is 0.124 e. The van der Waals surface area contributed by atoms with Crippen LogP contribution in [0.1, 0.15) is 31.7 Å². The summed E-state index contributed by atoms with van der Waals surface area (Å²) in [5.41, 5.74) is 1.01. The van der Waals surface area contributed by atoms with E-state index in [9.17, 15) is 14.8 Å². The summed E-state index contributed by atoms with van der Waals surface area (Å²) in [7, 11) is 0. The Bertz CT molecular complexity index is 589. The van der Waals surface area contributed by atoms with Crippen LogP contribution in [0.4, 0.5) is 10.1 Å². The molecule has 4 nitrogen and oxygen atoms in total. The largest absolute Gasteiger partial charge is 0.392 e. The first-order valence-electron chi connectivity index (χ1n) is 7.85. The Morgan fingerprint density at radius 2 is 2.18 bits per heavy atom. The van der Waals surface area contributed by atoms with E-state index >= 15 is 0 Å². The summed E-state index contributed by atoms with van der Waals surface area (Å²) in [5.74, 6) is -0.389. The second-order valence-corrected chi connectivity index (χ2v) is 6.19. The van der Waals surface area contributed by atoms with Gasteiger partial charge in [-0.3, -0.25) is 0 Å². The average Bonchev–Trinajstić information content (AvgIpc) is 2.55. The fourth-order valence-corrected chi connectivity index (χ4v) is 3.85. The van der Waals surface area contributed by atoms with Gasteiger partial charge < -0.3 is 14.7 Å². The van der Waals surface area contributed by atoms with Crippen molar-refractivity contribution < 1.29 is 14.2 Å². The molecule has 1 spiro atoms. The van der Waals surface area contributed by atoms with E-state index in [-0.39, 0.29) is 23.4 Å². The molecule has 1 saturated heterocycles. The Hall–Kier alpha value is -1.64. The van der Waals surface area contributed by atoms with E-state index < -0.39 is 0 Å². The van der Waals surface area contributed by atoms with Crippen LogP contribution >= 0.6 is 0 Å². The fourth-order valence-electron chi connectivity index (χ4n) is 3.85. The second-order valence-electron chi connectivity index (χ2n) is 6.19. The van der Waals surface area contributed by atoms with Gasteiger partial charge in [-0.2, -0.15) is 5.26 Å². The maximum atomic E-state index is 13.3. The molecule has 3 rings (SSSR count). The zero-order chi connectivity index (χ0) is 15.7. The minimum absolute atomic E-state index is 0.137. The second kappa shape index (κ2) is 5.86. The van der Waals surface area contributed by atoms with Crippen molar-refractivity contribution in [2.75, 3.05) is 24.6 Å².